The second kappa shape index (κ2) is 9.21. The highest BCUT2D eigenvalue weighted by atomic mass is 16.5. The Balaban J connectivity index is 0.000000921. The Morgan fingerprint density at radius 3 is 2.40 bits per heavy atom. The van der Waals surface area contributed by atoms with Crippen LogP contribution in [0.4, 0.5) is 0 Å². The lowest BCUT2D eigenvalue weighted by molar-refractivity contribution is -0.140. The van der Waals surface area contributed by atoms with Crippen molar-refractivity contribution in [1.29, 1.82) is 0 Å². The Kier molecular flexibility index (Phi) is 8.39. The van der Waals surface area contributed by atoms with Crippen molar-refractivity contribution in [2.24, 2.45) is 0 Å². The van der Waals surface area contributed by atoms with Crippen molar-refractivity contribution >= 4 is 5.97 Å². The van der Waals surface area contributed by atoms with Crippen LogP contribution in [-0.4, -0.2) is 25.3 Å². The third kappa shape index (κ3) is 6.69. The van der Waals surface area contributed by atoms with Crippen LogP contribution in [-0.2, 0) is 16.0 Å². The molecule has 0 bridgehead atoms. The predicted octanol–water partition coefficient (Wildman–Crippen LogP) is 1.79. The van der Waals surface area contributed by atoms with Crippen molar-refractivity contribution in [3.05, 3.63) is 35.9 Å². The molecule has 0 aliphatic carbocycles. The number of aliphatic hydroxyl groups is 1. The van der Waals surface area contributed by atoms with Gasteiger partial charge in [0.1, 0.15) is 0 Å². The summed E-state index contributed by atoms with van der Waals surface area (Å²) in [6.07, 6.45) is 2.30. The molecule has 1 rings (SSSR count). The lowest BCUT2D eigenvalue weighted by Crippen LogP contribution is -2.00. The van der Waals surface area contributed by atoms with Crippen molar-refractivity contribution in [2.75, 3.05) is 14.2 Å². The van der Waals surface area contributed by atoms with Crippen LogP contribution in [0.25, 0.3) is 0 Å². The molecule has 0 aromatic heterocycles. The molecule has 1 N–H and O–H groups in total. The van der Waals surface area contributed by atoms with Gasteiger partial charge in [0, 0.05) is 13.5 Å². The summed E-state index contributed by atoms with van der Waals surface area (Å²) in [5.41, 5.74) is 1.27. The highest BCUT2D eigenvalue weighted by molar-refractivity contribution is 5.69. The summed E-state index contributed by atoms with van der Waals surface area (Å²) < 4.78 is 4.55. The Hall–Kier alpha value is -1.35. The number of hydrogen-bond acceptors (Lipinski definition) is 3. The molecule has 15 heavy (non-hydrogen) atoms. The highest BCUT2D eigenvalue weighted by Gasteiger charge is 1.99. The third-order valence-corrected chi connectivity index (χ3v) is 1.92. The van der Waals surface area contributed by atoms with Gasteiger partial charge in [-0.2, -0.15) is 0 Å². The molecule has 0 saturated carbocycles. The second-order valence-electron chi connectivity index (χ2n) is 2.92. The largest absolute Gasteiger partial charge is 0.469 e. The van der Waals surface area contributed by atoms with Crippen LogP contribution in [0.15, 0.2) is 30.3 Å². The van der Waals surface area contributed by atoms with Crippen LogP contribution < -0.4 is 0 Å². The number of methoxy groups -OCH3 is 1. The average Bonchev–Trinajstić information content (AvgIpc) is 2.33. The van der Waals surface area contributed by atoms with Crippen molar-refractivity contribution < 1.29 is 14.6 Å². The van der Waals surface area contributed by atoms with E-state index in [1.165, 1.54) is 12.7 Å². The first-order valence-corrected chi connectivity index (χ1v) is 4.88. The molecule has 3 heteroatoms. The van der Waals surface area contributed by atoms with E-state index in [0.29, 0.717) is 6.42 Å². The molecule has 0 saturated heterocycles. The molecular formula is C12H18O3. The Morgan fingerprint density at radius 1 is 1.27 bits per heavy atom. The van der Waals surface area contributed by atoms with Gasteiger partial charge in [0.15, 0.2) is 0 Å². The van der Waals surface area contributed by atoms with E-state index < -0.39 is 0 Å². The first-order valence-electron chi connectivity index (χ1n) is 4.88. The van der Waals surface area contributed by atoms with Crippen LogP contribution in [0, 0.1) is 0 Å². The van der Waals surface area contributed by atoms with Gasteiger partial charge < -0.3 is 9.84 Å². The van der Waals surface area contributed by atoms with Crippen LogP contribution in [0.1, 0.15) is 18.4 Å². The first kappa shape index (κ1) is 13.7. The van der Waals surface area contributed by atoms with Gasteiger partial charge in [-0.25, -0.2) is 0 Å². The van der Waals surface area contributed by atoms with Crippen molar-refractivity contribution in [3.8, 4) is 0 Å². The van der Waals surface area contributed by atoms with Crippen molar-refractivity contribution in [2.45, 2.75) is 19.3 Å². The summed E-state index contributed by atoms with van der Waals surface area (Å²) in [5, 5.41) is 7.00. The molecule has 0 heterocycles. The zero-order chi connectivity index (χ0) is 11.5. The van der Waals surface area contributed by atoms with Crippen LogP contribution in [0.5, 0.6) is 0 Å². The molecule has 0 spiro atoms. The molecule has 84 valence electrons. The van der Waals surface area contributed by atoms with E-state index in [4.69, 9.17) is 5.11 Å². The smallest absolute Gasteiger partial charge is 0.305 e. The fourth-order valence-corrected chi connectivity index (χ4v) is 1.18. The fraction of sp³-hybridized carbons (Fsp3) is 0.417. The topological polar surface area (TPSA) is 46.5 Å². The van der Waals surface area contributed by atoms with Crippen LogP contribution in [0.2, 0.25) is 0 Å². The molecule has 0 radical (unpaired) electrons. The van der Waals surface area contributed by atoms with Crippen LogP contribution in [0.3, 0.4) is 0 Å². The third-order valence-electron chi connectivity index (χ3n) is 1.92. The van der Waals surface area contributed by atoms with E-state index in [9.17, 15) is 4.79 Å². The molecule has 0 amide bonds. The number of carbonyl (C=O) groups excluding carboxylic acids is 1. The zero-order valence-electron chi connectivity index (χ0n) is 9.27. The summed E-state index contributed by atoms with van der Waals surface area (Å²) in [6.45, 7) is 0. The minimum atomic E-state index is -0.129. The predicted molar refractivity (Wildman–Crippen MR) is 59.5 cm³/mol. The number of benzene rings is 1. The number of aliphatic hydroxyl groups excluding tert-OH is 1. The SMILES string of the molecule is CO.COC(=O)CCCc1ccccc1. The van der Waals surface area contributed by atoms with E-state index in [1.807, 2.05) is 18.2 Å². The first-order chi connectivity index (χ1) is 7.33. The number of aryl methyl sites for hydroxylation is 1. The van der Waals surface area contributed by atoms with E-state index in [0.717, 1.165) is 20.0 Å². The lowest BCUT2D eigenvalue weighted by Gasteiger charge is -1.99. The van der Waals surface area contributed by atoms with Gasteiger partial charge in [-0.3, -0.25) is 4.79 Å². The summed E-state index contributed by atoms with van der Waals surface area (Å²) in [7, 11) is 2.42. The fourth-order valence-electron chi connectivity index (χ4n) is 1.18. The van der Waals surface area contributed by atoms with E-state index in [1.54, 1.807) is 0 Å². The van der Waals surface area contributed by atoms with E-state index in [2.05, 4.69) is 16.9 Å². The van der Waals surface area contributed by atoms with Crippen LogP contribution >= 0.6 is 0 Å². The lowest BCUT2D eigenvalue weighted by atomic mass is 10.1. The summed E-state index contributed by atoms with van der Waals surface area (Å²) in [6, 6.07) is 10.1. The highest BCUT2D eigenvalue weighted by Crippen LogP contribution is 2.04. The molecule has 0 aliphatic heterocycles. The van der Waals surface area contributed by atoms with Gasteiger partial charge in [-0.1, -0.05) is 30.3 Å². The van der Waals surface area contributed by atoms with E-state index in [-0.39, 0.29) is 5.97 Å². The maximum atomic E-state index is 10.8. The van der Waals surface area contributed by atoms with Crippen molar-refractivity contribution in [3.63, 3.8) is 0 Å². The van der Waals surface area contributed by atoms with E-state index >= 15 is 0 Å². The summed E-state index contributed by atoms with van der Waals surface area (Å²) >= 11 is 0. The zero-order valence-corrected chi connectivity index (χ0v) is 9.27. The maximum absolute atomic E-state index is 10.8. The Morgan fingerprint density at radius 2 is 1.87 bits per heavy atom. The number of rotatable bonds is 4. The molecule has 3 nitrogen and oxygen atoms in total. The monoisotopic (exact) mass is 210 g/mol. The Labute approximate surface area is 90.7 Å². The van der Waals surface area contributed by atoms with Gasteiger partial charge in [0.05, 0.1) is 7.11 Å². The van der Waals surface area contributed by atoms with Gasteiger partial charge in [-0.05, 0) is 18.4 Å². The minimum absolute atomic E-state index is 0.129. The normalized spacial score (nSPS) is 8.73. The molecule has 1 aromatic carbocycles. The van der Waals surface area contributed by atoms with Gasteiger partial charge in [0.25, 0.3) is 0 Å². The van der Waals surface area contributed by atoms with Gasteiger partial charge in [-0.15, -0.1) is 0 Å². The Bertz CT molecular complexity index is 257. The second-order valence-corrected chi connectivity index (χ2v) is 2.92. The number of carbonyl (C=O) groups is 1. The standard InChI is InChI=1S/C11H14O2.CH4O/c1-13-11(12)9-5-8-10-6-3-2-4-7-10;1-2/h2-4,6-7H,5,8-9H2,1H3;2H,1H3. The molecule has 0 fully saturated rings. The average molecular weight is 210 g/mol. The minimum Gasteiger partial charge on any atom is -0.469 e. The number of ether oxygens (including phenoxy) is 1. The summed E-state index contributed by atoms with van der Waals surface area (Å²) in [5.74, 6) is -0.129. The molecule has 1 aromatic rings. The quantitative estimate of drug-likeness (QED) is 0.771. The molecular weight excluding hydrogens is 192 g/mol. The van der Waals surface area contributed by atoms with Gasteiger partial charge >= 0.3 is 5.97 Å². The van der Waals surface area contributed by atoms with Crippen molar-refractivity contribution in [1.82, 2.24) is 0 Å². The number of hydrogen-bond donors (Lipinski definition) is 1. The summed E-state index contributed by atoms with van der Waals surface area (Å²) in [4.78, 5) is 10.8. The van der Waals surface area contributed by atoms with Gasteiger partial charge in [0.2, 0.25) is 0 Å². The molecule has 0 atom stereocenters. The molecule has 0 unspecified atom stereocenters. The maximum Gasteiger partial charge on any atom is 0.305 e. The number of esters is 1. The molecule has 0 aliphatic rings.